The summed E-state index contributed by atoms with van der Waals surface area (Å²) in [5, 5.41) is 8.79. The molecule has 0 radical (unpaired) electrons. The summed E-state index contributed by atoms with van der Waals surface area (Å²) in [4.78, 5) is 0. The molecule has 0 fully saturated rings. The van der Waals surface area contributed by atoms with Crippen LogP contribution in [0.2, 0.25) is 0 Å². The van der Waals surface area contributed by atoms with Crippen molar-refractivity contribution >= 4 is 0 Å². The monoisotopic (exact) mass is 176 g/mol. The molecular formula is C10H12N2O. The van der Waals surface area contributed by atoms with E-state index in [0.29, 0.717) is 12.2 Å². The van der Waals surface area contributed by atoms with Gasteiger partial charge in [0.25, 0.3) is 0 Å². The molecule has 68 valence electrons. The van der Waals surface area contributed by atoms with E-state index in [2.05, 4.69) is 6.07 Å². The van der Waals surface area contributed by atoms with Gasteiger partial charge in [0.1, 0.15) is 0 Å². The Morgan fingerprint density at radius 2 is 2.23 bits per heavy atom. The standard InChI is InChI=1S/C10H12N2O/c1-13-7-10(12)9-5-3-2-4-8(9)6-11/h2-5,10H,7,12H2,1H3. The number of hydrogen-bond acceptors (Lipinski definition) is 3. The van der Waals surface area contributed by atoms with Gasteiger partial charge in [0.05, 0.1) is 24.3 Å². The minimum absolute atomic E-state index is 0.221. The van der Waals surface area contributed by atoms with E-state index in [0.717, 1.165) is 5.56 Å². The third kappa shape index (κ3) is 2.28. The lowest BCUT2D eigenvalue weighted by molar-refractivity contribution is 0.181. The molecule has 1 aromatic carbocycles. The molecule has 0 aromatic heterocycles. The number of benzene rings is 1. The van der Waals surface area contributed by atoms with Gasteiger partial charge in [-0.3, -0.25) is 0 Å². The first-order chi connectivity index (χ1) is 6.29. The van der Waals surface area contributed by atoms with Crippen molar-refractivity contribution in [3.8, 4) is 6.07 Å². The van der Waals surface area contributed by atoms with Crippen molar-refractivity contribution in [1.29, 1.82) is 5.26 Å². The van der Waals surface area contributed by atoms with Gasteiger partial charge < -0.3 is 10.5 Å². The van der Waals surface area contributed by atoms with E-state index in [9.17, 15) is 0 Å². The number of nitrogens with two attached hydrogens (primary N) is 1. The summed E-state index contributed by atoms with van der Waals surface area (Å²) in [5.74, 6) is 0. The van der Waals surface area contributed by atoms with Gasteiger partial charge in [-0.05, 0) is 11.6 Å². The van der Waals surface area contributed by atoms with E-state index >= 15 is 0 Å². The fourth-order valence-electron chi connectivity index (χ4n) is 1.19. The maximum absolute atomic E-state index is 8.79. The first-order valence-corrected chi connectivity index (χ1v) is 4.03. The first-order valence-electron chi connectivity index (χ1n) is 4.03. The van der Waals surface area contributed by atoms with E-state index in [4.69, 9.17) is 15.7 Å². The summed E-state index contributed by atoms with van der Waals surface area (Å²) in [6, 6.07) is 9.17. The normalized spacial score (nSPS) is 12.1. The van der Waals surface area contributed by atoms with Crippen LogP contribution in [0, 0.1) is 11.3 Å². The summed E-state index contributed by atoms with van der Waals surface area (Å²) in [6.45, 7) is 0.429. The highest BCUT2D eigenvalue weighted by atomic mass is 16.5. The molecule has 3 nitrogen and oxygen atoms in total. The van der Waals surface area contributed by atoms with Gasteiger partial charge in [-0.15, -0.1) is 0 Å². The predicted molar refractivity (Wildman–Crippen MR) is 50.0 cm³/mol. The molecular weight excluding hydrogens is 164 g/mol. The Morgan fingerprint density at radius 3 is 2.85 bits per heavy atom. The Kier molecular flexibility index (Phi) is 3.44. The van der Waals surface area contributed by atoms with Gasteiger partial charge in [0.15, 0.2) is 0 Å². The van der Waals surface area contributed by atoms with Crippen LogP contribution in [0.25, 0.3) is 0 Å². The van der Waals surface area contributed by atoms with Crippen LogP contribution in [-0.4, -0.2) is 13.7 Å². The molecule has 1 atom stereocenters. The van der Waals surface area contributed by atoms with Crippen molar-refractivity contribution in [2.75, 3.05) is 13.7 Å². The quantitative estimate of drug-likeness (QED) is 0.752. The molecule has 0 amide bonds. The average Bonchev–Trinajstić information content (AvgIpc) is 2.18. The fourth-order valence-corrected chi connectivity index (χ4v) is 1.19. The van der Waals surface area contributed by atoms with Gasteiger partial charge in [-0.2, -0.15) is 5.26 Å². The molecule has 1 unspecified atom stereocenters. The van der Waals surface area contributed by atoms with Crippen LogP contribution in [-0.2, 0) is 4.74 Å². The van der Waals surface area contributed by atoms with Crippen molar-refractivity contribution < 1.29 is 4.74 Å². The lowest BCUT2D eigenvalue weighted by Gasteiger charge is -2.11. The summed E-state index contributed by atoms with van der Waals surface area (Å²) in [7, 11) is 1.59. The van der Waals surface area contributed by atoms with Crippen LogP contribution < -0.4 is 5.73 Å². The molecule has 0 aliphatic rings. The predicted octanol–water partition coefficient (Wildman–Crippen LogP) is 1.20. The van der Waals surface area contributed by atoms with Gasteiger partial charge >= 0.3 is 0 Å². The molecule has 0 bridgehead atoms. The Hall–Kier alpha value is -1.37. The van der Waals surface area contributed by atoms with E-state index in [1.165, 1.54) is 0 Å². The Labute approximate surface area is 77.7 Å². The van der Waals surface area contributed by atoms with E-state index in [1.54, 1.807) is 13.2 Å². The molecule has 13 heavy (non-hydrogen) atoms. The molecule has 1 rings (SSSR count). The van der Waals surface area contributed by atoms with Gasteiger partial charge in [0, 0.05) is 7.11 Å². The molecule has 0 saturated heterocycles. The molecule has 0 saturated carbocycles. The minimum Gasteiger partial charge on any atom is -0.383 e. The van der Waals surface area contributed by atoms with Crippen LogP contribution in [0.1, 0.15) is 17.2 Å². The summed E-state index contributed by atoms with van der Waals surface area (Å²) in [6.07, 6.45) is 0. The van der Waals surface area contributed by atoms with Crippen LogP contribution in [0.3, 0.4) is 0 Å². The number of methoxy groups -OCH3 is 1. The second-order valence-electron chi connectivity index (χ2n) is 2.76. The van der Waals surface area contributed by atoms with Crippen LogP contribution in [0.4, 0.5) is 0 Å². The molecule has 1 aromatic rings. The number of nitriles is 1. The fraction of sp³-hybridized carbons (Fsp3) is 0.300. The zero-order valence-corrected chi connectivity index (χ0v) is 7.53. The van der Waals surface area contributed by atoms with Crippen LogP contribution in [0.5, 0.6) is 0 Å². The summed E-state index contributed by atoms with van der Waals surface area (Å²) >= 11 is 0. The maximum atomic E-state index is 8.79. The van der Waals surface area contributed by atoms with Crippen molar-refractivity contribution in [2.45, 2.75) is 6.04 Å². The smallest absolute Gasteiger partial charge is 0.0995 e. The van der Waals surface area contributed by atoms with Crippen LogP contribution >= 0.6 is 0 Å². The van der Waals surface area contributed by atoms with Crippen molar-refractivity contribution in [1.82, 2.24) is 0 Å². The highest BCUT2D eigenvalue weighted by molar-refractivity contribution is 5.39. The highest BCUT2D eigenvalue weighted by Gasteiger charge is 2.09. The molecule has 2 N–H and O–H groups in total. The van der Waals surface area contributed by atoms with E-state index < -0.39 is 0 Å². The van der Waals surface area contributed by atoms with E-state index in [1.807, 2.05) is 18.2 Å². The SMILES string of the molecule is COCC(N)c1ccccc1C#N. The van der Waals surface area contributed by atoms with Crippen molar-refractivity contribution in [2.24, 2.45) is 5.73 Å². The second kappa shape index (κ2) is 4.61. The molecule has 0 spiro atoms. The Bertz CT molecular complexity index is 317. The number of nitrogens with zero attached hydrogens (tertiary/aromatic N) is 1. The maximum Gasteiger partial charge on any atom is 0.0995 e. The van der Waals surface area contributed by atoms with E-state index in [-0.39, 0.29) is 6.04 Å². The first kappa shape index (κ1) is 9.72. The summed E-state index contributed by atoms with van der Waals surface area (Å²) in [5.41, 5.74) is 7.26. The summed E-state index contributed by atoms with van der Waals surface area (Å²) < 4.78 is 4.92. The Morgan fingerprint density at radius 1 is 1.54 bits per heavy atom. The zero-order valence-electron chi connectivity index (χ0n) is 7.53. The number of rotatable bonds is 3. The topological polar surface area (TPSA) is 59.0 Å². The van der Waals surface area contributed by atoms with Crippen molar-refractivity contribution in [3.63, 3.8) is 0 Å². The van der Waals surface area contributed by atoms with Gasteiger partial charge in [-0.25, -0.2) is 0 Å². The number of ether oxygens (including phenoxy) is 1. The van der Waals surface area contributed by atoms with Gasteiger partial charge in [0.2, 0.25) is 0 Å². The van der Waals surface area contributed by atoms with Crippen molar-refractivity contribution in [3.05, 3.63) is 35.4 Å². The minimum atomic E-state index is -0.221. The Balaban J connectivity index is 2.93. The molecule has 3 heteroatoms. The van der Waals surface area contributed by atoms with Crippen LogP contribution in [0.15, 0.2) is 24.3 Å². The highest BCUT2D eigenvalue weighted by Crippen LogP contribution is 2.14. The molecule has 0 aliphatic heterocycles. The number of hydrogen-bond donors (Lipinski definition) is 1. The largest absolute Gasteiger partial charge is 0.383 e. The zero-order chi connectivity index (χ0) is 9.68. The molecule has 0 heterocycles. The second-order valence-corrected chi connectivity index (χ2v) is 2.76. The third-order valence-electron chi connectivity index (χ3n) is 1.83. The van der Waals surface area contributed by atoms with Gasteiger partial charge in [-0.1, -0.05) is 18.2 Å². The molecule has 0 aliphatic carbocycles. The third-order valence-corrected chi connectivity index (χ3v) is 1.83. The lowest BCUT2D eigenvalue weighted by atomic mass is 10.0. The average molecular weight is 176 g/mol. The lowest BCUT2D eigenvalue weighted by Crippen LogP contribution is -2.17.